The Morgan fingerprint density at radius 3 is 2.55 bits per heavy atom. The maximum Gasteiger partial charge on any atom is 0.251 e. The van der Waals surface area contributed by atoms with Crippen LogP contribution in [0.2, 0.25) is 0 Å². The molecule has 3 aromatic carbocycles. The summed E-state index contributed by atoms with van der Waals surface area (Å²) in [7, 11) is 0. The Balaban J connectivity index is 1.84. The van der Waals surface area contributed by atoms with Crippen molar-refractivity contribution in [2.24, 2.45) is 5.73 Å². The molecule has 3 aromatic rings. The number of nitrogens with two attached hydrogens (primary N) is 1. The minimum Gasteiger partial charge on any atom is -0.508 e. The van der Waals surface area contributed by atoms with E-state index in [4.69, 9.17) is 10.5 Å². The molecule has 0 heterocycles. The molecule has 1 unspecified atom stereocenters. The van der Waals surface area contributed by atoms with E-state index in [9.17, 15) is 14.3 Å². The molecule has 0 bridgehead atoms. The van der Waals surface area contributed by atoms with E-state index in [0.29, 0.717) is 23.3 Å². The van der Waals surface area contributed by atoms with Gasteiger partial charge >= 0.3 is 0 Å². The van der Waals surface area contributed by atoms with E-state index in [1.165, 1.54) is 0 Å². The van der Waals surface area contributed by atoms with Crippen molar-refractivity contribution < 1.29 is 19.0 Å². The SMILES string of the molecule is CCOc1cccc(-c2cccc(C(=O)NC(CN)c3ccc(O)cc3)c2)c1F. The number of ether oxygens (including phenoxy) is 1. The quantitative estimate of drug-likeness (QED) is 0.565. The summed E-state index contributed by atoms with van der Waals surface area (Å²) in [6.45, 7) is 2.35. The first kappa shape index (κ1) is 20.4. The Hall–Kier alpha value is -3.38. The molecule has 1 atom stereocenters. The fourth-order valence-electron chi connectivity index (χ4n) is 3.06. The van der Waals surface area contributed by atoms with E-state index in [1.807, 2.05) is 0 Å². The molecule has 1 amide bonds. The summed E-state index contributed by atoms with van der Waals surface area (Å²) in [6, 6.07) is 17.8. The largest absolute Gasteiger partial charge is 0.508 e. The Labute approximate surface area is 168 Å². The standard InChI is InChI=1S/C23H23FN2O3/c1-2-29-21-8-4-7-19(22(21)24)16-5-3-6-17(13-16)23(28)26-20(14-25)15-9-11-18(27)12-10-15/h3-13,20,27H,2,14,25H2,1H3,(H,26,28). The summed E-state index contributed by atoms with van der Waals surface area (Å²) >= 11 is 0. The minimum absolute atomic E-state index is 0.139. The highest BCUT2D eigenvalue weighted by Crippen LogP contribution is 2.29. The molecule has 150 valence electrons. The molecule has 0 aromatic heterocycles. The highest BCUT2D eigenvalue weighted by molar-refractivity contribution is 5.95. The Kier molecular flexibility index (Phi) is 6.46. The van der Waals surface area contributed by atoms with Gasteiger partial charge in [0.05, 0.1) is 12.6 Å². The molecule has 0 spiro atoms. The van der Waals surface area contributed by atoms with Crippen LogP contribution in [0.15, 0.2) is 66.7 Å². The van der Waals surface area contributed by atoms with Gasteiger partial charge < -0.3 is 20.9 Å². The fraction of sp³-hybridized carbons (Fsp3) is 0.174. The number of rotatable bonds is 7. The topological polar surface area (TPSA) is 84.6 Å². The van der Waals surface area contributed by atoms with Crippen LogP contribution in [0.4, 0.5) is 4.39 Å². The molecule has 0 aliphatic rings. The first-order chi connectivity index (χ1) is 14.0. The lowest BCUT2D eigenvalue weighted by molar-refractivity contribution is 0.0938. The molecule has 0 saturated heterocycles. The Bertz CT molecular complexity index is 990. The smallest absolute Gasteiger partial charge is 0.251 e. The Morgan fingerprint density at radius 2 is 1.86 bits per heavy atom. The summed E-state index contributed by atoms with van der Waals surface area (Å²) in [4.78, 5) is 12.8. The van der Waals surface area contributed by atoms with Crippen LogP contribution in [-0.2, 0) is 0 Å². The van der Waals surface area contributed by atoms with Crippen molar-refractivity contribution in [3.63, 3.8) is 0 Å². The average molecular weight is 394 g/mol. The van der Waals surface area contributed by atoms with Crippen LogP contribution >= 0.6 is 0 Å². The van der Waals surface area contributed by atoms with Crippen LogP contribution in [0.1, 0.15) is 28.9 Å². The van der Waals surface area contributed by atoms with Gasteiger partial charge in [-0.2, -0.15) is 0 Å². The monoisotopic (exact) mass is 394 g/mol. The molecule has 0 fully saturated rings. The number of aromatic hydroxyl groups is 1. The molecule has 3 rings (SSSR count). The van der Waals surface area contributed by atoms with Gasteiger partial charge in [0.1, 0.15) is 5.75 Å². The predicted molar refractivity (Wildman–Crippen MR) is 110 cm³/mol. The van der Waals surface area contributed by atoms with Crippen LogP contribution in [0, 0.1) is 5.82 Å². The molecule has 0 aliphatic heterocycles. The lowest BCUT2D eigenvalue weighted by Gasteiger charge is -2.18. The molecule has 4 N–H and O–H groups in total. The first-order valence-electron chi connectivity index (χ1n) is 9.35. The second-order valence-corrected chi connectivity index (χ2v) is 6.48. The lowest BCUT2D eigenvalue weighted by atomic mass is 10.0. The number of carbonyl (C=O) groups excluding carboxylic acids is 1. The predicted octanol–water partition coefficient (Wildman–Crippen LogP) is 4.03. The number of hydrogen-bond acceptors (Lipinski definition) is 4. The van der Waals surface area contributed by atoms with Crippen molar-refractivity contribution in [1.29, 1.82) is 0 Å². The van der Waals surface area contributed by atoms with E-state index in [2.05, 4.69) is 5.32 Å². The summed E-state index contributed by atoms with van der Waals surface area (Å²) in [6.07, 6.45) is 0. The highest BCUT2D eigenvalue weighted by atomic mass is 19.1. The third-order valence-electron chi connectivity index (χ3n) is 4.54. The van der Waals surface area contributed by atoms with Crippen LogP contribution in [0.25, 0.3) is 11.1 Å². The van der Waals surface area contributed by atoms with Crippen LogP contribution in [0.3, 0.4) is 0 Å². The lowest BCUT2D eigenvalue weighted by Crippen LogP contribution is -2.33. The number of amides is 1. The molecule has 0 saturated carbocycles. The molecule has 0 radical (unpaired) electrons. The fourth-order valence-corrected chi connectivity index (χ4v) is 3.06. The molecule has 6 heteroatoms. The summed E-state index contributed by atoms with van der Waals surface area (Å²) in [5.41, 5.74) is 7.92. The maximum absolute atomic E-state index is 14.7. The molecular formula is C23H23FN2O3. The van der Waals surface area contributed by atoms with E-state index < -0.39 is 11.9 Å². The zero-order chi connectivity index (χ0) is 20.8. The number of phenols is 1. The van der Waals surface area contributed by atoms with Gasteiger partial charge in [-0.15, -0.1) is 0 Å². The number of carbonyl (C=O) groups is 1. The zero-order valence-electron chi connectivity index (χ0n) is 16.1. The maximum atomic E-state index is 14.7. The molecular weight excluding hydrogens is 371 g/mol. The van der Waals surface area contributed by atoms with Gasteiger partial charge in [0.2, 0.25) is 0 Å². The van der Waals surface area contributed by atoms with Gasteiger partial charge in [-0.1, -0.05) is 36.4 Å². The second-order valence-electron chi connectivity index (χ2n) is 6.48. The number of halogens is 1. The third-order valence-corrected chi connectivity index (χ3v) is 4.54. The normalized spacial score (nSPS) is 11.7. The zero-order valence-corrected chi connectivity index (χ0v) is 16.1. The van der Waals surface area contributed by atoms with Crippen LogP contribution in [-0.4, -0.2) is 24.2 Å². The van der Waals surface area contributed by atoms with E-state index in [-0.39, 0.29) is 24.0 Å². The van der Waals surface area contributed by atoms with Crippen molar-refractivity contribution in [3.8, 4) is 22.6 Å². The van der Waals surface area contributed by atoms with Gasteiger partial charge in [0.15, 0.2) is 11.6 Å². The van der Waals surface area contributed by atoms with Crippen molar-refractivity contribution >= 4 is 5.91 Å². The number of hydrogen-bond donors (Lipinski definition) is 3. The van der Waals surface area contributed by atoms with Gasteiger partial charge in [0, 0.05) is 17.7 Å². The van der Waals surface area contributed by atoms with Crippen molar-refractivity contribution in [3.05, 3.63) is 83.7 Å². The third kappa shape index (κ3) is 4.73. The summed E-state index contributed by atoms with van der Waals surface area (Å²) in [5.74, 6) is -0.470. The van der Waals surface area contributed by atoms with E-state index in [1.54, 1.807) is 73.7 Å². The minimum atomic E-state index is -0.462. The molecule has 29 heavy (non-hydrogen) atoms. The van der Waals surface area contributed by atoms with Gasteiger partial charge in [-0.3, -0.25) is 4.79 Å². The van der Waals surface area contributed by atoms with Crippen LogP contribution < -0.4 is 15.8 Å². The van der Waals surface area contributed by atoms with Gasteiger partial charge in [-0.25, -0.2) is 4.39 Å². The first-order valence-corrected chi connectivity index (χ1v) is 9.35. The van der Waals surface area contributed by atoms with Gasteiger partial charge in [0.25, 0.3) is 5.91 Å². The van der Waals surface area contributed by atoms with E-state index >= 15 is 0 Å². The van der Waals surface area contributed by atoms with Crippen molar-refractivity contribution in [1.82, 2.24) is 5.32 Å². The van der Waals surface area contributed by atoms with Crippen LogP contribution in [0.5, 0.6) is 11.5 Å². The highest BCUT2D eigenvalue weighted by Gasteiger charge is 2.16. The summed E-state index contributed by atoms with van der Waals surface area (Å²) in [5, 5.41) is 12.3. The van der Waals surface area contributed by atoms with Gasteiger partial charge in [-0.05, 0) is 48.4 Å². The number of nitrogens with one attached hydrogen (secondary N) is 1. The molecule has 0 aliphatic carbocycles. The second kappa shape index (κ2) is 9.21. The average Bonchev–Trinajstić information content (AvgIpc) is 2.74. The number of phenolic OH excluding ortho intramolecular Hbond substituents is 1. The van der Waals surface area contributed by atoms with Crippen molar-refractivity contribution in [2.75, 3.05) is 13.2 Å². The van der Waals surface area contributed by atoms with Crippen molar-refractivity contribution in [2.45, 2.75) is 13.0 Å². The molecule has 5 nitrogen and oxygen atoms in total. The Morgan fingerprint density at radius 1 is 1.14 bits per heavy atom. The van der Waals surface area contributed by atoms with E-state index in [0.717, 1.165) is 5.56 Å². The number of benzene rings is 3. The summed E-state index contributed by atoms with van der Waals surface area (Å²) < 4.78 is 20.0.